The number of carbonyl (C=O) groups excluding carboxylic acids is 1. The average Bonchev–Trinajstić information content (AvgIpc) is 2.34. The molecule has 0 amide bonds. The molecular weight excluding hydrogens is 260 g/mol. The maximum Gasteiger partial charge on any atom is 0.311 e. The van der Waals surface area contributed by atoms with E-state index < -0.39 is 23.5 Å². The van der Waals surface area contributed by atoms with Gasteiger partial charge in [0.2, 0.25) is 0 Å². The number of carboxylic acid groups (broad SMARTS) is 1. The number of hydrogen-bond donors (Lipinski definition) is 1. The molecule has 0 bridgehead atoms. The van der Waals surface area contributed by atoms with Gasteiger partial charge in [0.25, 0.3) is 0 Å². The molecule has 1 atom stereocenters. The molecule has 110 valence electrons. The molecule has 0 saturated carbocycles. The maximum absolute atomic E-state index is 11.8. The molecule has 0 aliphatic carbocycles. The maximum atomic E-state index is 11.8. The molecule has 0 spiro atoms. The molecule has 20 heavy (non-hydrogen) atoms. The van der Waals surface area contributed by atoms with E-state index in [1.54, 1.807) is 45.0 Å². The standard InChI is InChI=1S/C15H20O5/c1-15(2,3)20-13(16)9-12(14(17)18)10-5-7-11(19-4)8-6-10/h5-8,12H,9H2,1-4H3,(H,17,18). The number of benzene rings is 1. The summed E-state index contributed by atoms with van der Waals surface area (Å²) < 4.78 is 10.2. The molecule has 0 aliphatic rings. The Hall–Kier alpha value is -2.04. The van der Waals surface area contributed by atoms with Crippen molar-refractivity contribution in [2.75, 3.05) is 7.11 Å². The highest BCUT2D eigenvalue weighted by atomic mass is 16.6. The van der Waals surface area contributed by atoms with Crippen LogP contribution in [0.5, 0.6) is 5.75 Å². The van der Waals surface area contributed by atoms with Crippen LogP contribution in [-0.4, -0.2) is 29.8 Å². The second-order valence-corrected chi connectivity index (χ2v) is 5.45. The van der Waals surface area contributed by atoms with Gasteiger partial charge in [-0.15, -0.1) is 0 Å². The Kier molecular flexibility index (Phi) is 5.13. The zero-order valence-corrected chi connectivity index (χ0v) is 12.2. The van der Waals surface area contributed by atoms with Crippen LogP contribution < -0.4 is 4.74 Å². The minimum absolute atomic E-state index is 0.196. The molecule has 1 unspecified atom stereocenters. The second kappa shape index (κ2) is 6.41. The van der Waals surface area contributed by atoms with E-state index in [-0.39, 0.29) is 6.42 Å². The van der Waals surface area contributed by atoms with Gasteiger partial charge in [0.1, 0.15) is 11.4 Å². The Bertz CT molecular complexity index is 470. The van der Waals surface area contributed by atoms with Gasteiger partial charge in [-0.05, 0) is 38.5 Å². The van der Waals surface area contributed by atoms with Crippen molar-refractivity contribution in [2.24, 2.45) is 0 Å². The number of carboxylic acids is 1. The molecule has 5 heteroatoms. The van der Waals surface area contributed by atoms with Crippen LogP contribution in [0.25, 0.3) is 0 Å². The second-order valence-electron chi connectivity index (χ2n) is 5.45. The summed E-state index contributed by atoms with van der Waals surface area (Å²) in [7, 11) is 1.53. The van der Waals surface area contributed by atoms with Crippen molar-refractivity contribution in [3.63, 3.8) is 0 Å². The van der Waals surface area contributed by atoms with E-state index in [0.717, 1.165) is 0 Å². The summed E-state index contributed by atoms with van der Waals surface area (Å²) >= 11 is 0. The fourth-order valence-corrected chi connectivity index (χ4v) is 1.73. The Morgan fingerprint density at radius 2 is 1.75 bits per heavy atom. The Morgan fingerprint density at radius 1 is 1.20 bits per heavy atom. The zero-order valence-electron chi connectivity index (χ0n) is 12.2. The molecule has 0 saturated heterocycles. The van der Waals surface area contributed by atoms with Gasteiger partial charge in [-0.1, -0.05) is 12.1 Å². The van der Waals surface area contributed by atoms with Gasteiger partial charge in [-0.3, -0.25) is 9.59 Å². The molecule has 1 rings (SSSR count). The lowest BCUT2D eigenvalue weighted by Crippen LogP contribution is -2.26. The van der Waals surface area contributed by atoms with Crippen molar-refractivity contribution in [1.29, 1.82) is 0 Å². The predicted molar refractivity (Wildman–Crippen MR) is 73.8 cm³/mol. The summed E-state index contributed by atoms with van der Waals surface area (Å²) in [5.41, 5.74) is -0.0794. The van der Waals surface area contributed by atoms with Gasteiger partial charge in [0.05, 0.1) is 19.4 Å². The summed E-state index contributed by atoms with van der Waals surface area (Å²) in [4.78, 5) is 23.1. The fourth-order valence-electron chi connectivity index (χ4n) is 1.73. The smallest absolute Gasteiger partial charge is 0.311 e. The first kappa shape index (κ1) is 16.0. The quantitative estimate of drug-likeness (QED) is 0.839. The van der Waals surface area contributed by atoms with E-state index >= 15 is 0 Å². The highest BCUT2D eigenvalue weighted by Crippen LogP contribution is 2.24. The summed E-state index contributed by atoms with van der Waals surface area (Å²) in [5.74, 6) is -1.87. The predicted octanol–water partition coefficient (Wildman–Crippen LogP) is 2.60. The zero-order chi connectivity index (χ0) is 15.3. The monoisotopic (exact) mass is 280 g/mol. The number of ether oxygens (including phenoxy) is 2. The minimum Gasteiger partial charge on any atom is -0.497 e. The van der Waals surface area contributed by atoms with Crippen molar-refractivity contribution in [3.05, 3.63) is 29.8 Å². The number of carbonyl (C=O) groups is 2. The topological polar surface area (TPSA) is 72.8 Å². The van der Waals surface area contributed by atoms with Gasteiger partial charge >= 0.3 is 11.9 Å². The van der Waals surface area contributed by atoms with Gasteiger partial charge in [-0.2, -0.15) is 0 Å². The molecule has 0 aliphatic heterocycles. The van der Waals surface area contributed by atoms with Crippen LogP contribution in [0.4, 0.5) is 0 Å². The third-order valence-electron chi connectivity index (χ3n) is 2.61. The number of hydrogen-bond acceptors (Lipinski definition) is 4. The normalized spacial score (nSPS) is 12.6. The Labute approximate surface area is 118 Å². The van der Waals surface area contributed by atoms with Crippen LogP contribution in [0.3, 0.4) is 0 Å². The van der Waals surface area contributed by atoms with E-state index in [9.17, 15) is 14.7 Å². The Balaban J connectivity index is 2.83. The molecule has 0 radical (unpaired) electrons. The van der Waals surface area contributed by atoms with E-state index in [1.807, 2.05) is 0 Å². The first-order valence-electron chi connectivity index (χ1n) is 6.31. The van der Waals surface area contributed by atoms with Gasteiger partial charge in [0.15, 0.2) is 0 Å². The lowest BCUT2D eigenvalue weighted by Gasteiger charge is -2.21. The van der Waals surface area contributed by atoms with Crippen LogP contribution in [-0.2, 0) is 14.3 Å². The molecular formula is C15H20O5. The number of methoxy groups -OCH3 is 1. The third-order valence-corrected chi connectivity index (χ3v) is 2.61. The fraction of sp³-hybridized carbons (Fsp3) is 0.467. The largest absolute Gasteiger partial charge is 0.497 e. The average molecular weight is 280 g/mol. The van der Waals surface area contributed by atoms with Crippen molar-refractivity contribution >= 4 is 11.9 Å². The summed E-state index contributed by atoms with van der Waals surface area (Å²) in [5, 5.41) is 9.26. The molecule has 1 N–H and O–H groups in total. The first-order valence-corrected chi connectivity index (χ1v) is 6.31. The van der Waals surface area contributed by atoms with Gasteiger partial charge in [-0.25, -0.2) is 0 Å². The summed E-state index contributed by atoms with van der Waals surface area (Å²) in [6.45, 7) is 5.23. The summed E-state index contributed by atoms with van der Waals surface area (Å²) in [6, 6.07) is 6.62. The molecule has 1 aromatic rings. The van der Waals surface area contributed by atoms with Gasteiger partial charge in [0, 0.05) is 0 Å². The van der Waals surface area contributed by atoms with Crippen molar-refractivity contribution in [2.45, 2.75) is 38.7 Å². The highest BCUT2D eigenvalue weighted by Gasteiger charge is 2.26. The van der Waals surface area contributed by atoms with Crippen molar-refractivity contribution < 1.29 is 24.2 Å². The van der Waals surface area contributed by atoms with Gasteiger partial charge < -0.3 is 14.6 Å². The van der Waals surface area contributed by atoms with Crippen LogP contribution in [0.15, 0.2) is 24.3 Å². The van der Waals surface area contributed by atoms with Crippen LogP contribution in [0.2, 0.25) is 0 Å². The van der Waals surface area contributed by atoms with Crippen molar-refractivity contribution in [3.8, 4) is 5.75 Å². The lowest BCUT2D eigenvalue weighted by molar-refractivity contribution is -0.158. The van der Waals surface area contributed by atoms with Crippen LogP contribution in [0.1, 0.15) is 38.7 Å². The molecule has 0 heterocycles. The first-order chi connectivity index (χ1) is 9.23. The molecule has 5 nitrogen and oxygen atoms in total. The third kappa shape index (κ3) is 4.91. The van der Waals surface area contributed by atoms with Crippen molar-refractivity contribution in [1.82, 2.24) is 0 Å². The lowest BCUT2D eigenvalue weighted by atomic mass is 9.96. The summed E-state index contributed by atoms with van der Waals surface area (Å²) in [6.07, 6.45) is -0.196. The van der Waals surface area contributed by atoms with E-state index in [1.165, 1.54) is 7.11 Å². The SMILES string of the molecule is COc1ccc(C(CC(=O)OC(C)(C)C)C(=O)O)cc1. The number of aliphatic carboxylic acids is 1. The highest BCUT2D eigenvalue weighted by molar-refractivity contribution is 5.83. The van der Waals surface area contributed by atoms with Crippen LogP contribution >= 0.6 is 0 Å². The minimum atomic E-state index is -1.05. The number of rotatable bonds is 5. The molecule has 1 aromatic carbocycles. The molecule has 0 fully saturated rings. The van der Waals surface area contributed by atoms with E-state index in [4.69, 9.17) is 9.47 Å². The van der Waals surface area contributed by atoms with E-state index in [2.05, 4.69) is 0 Å². The van der Waals surface area contributed by atoms with E-state index in [0.29, 0.717) is 11.3 Å². The number of esters is 1. The Morgan fingerprint density at radius 3 is 2.15 bits per heavy atom. The van der Waals surface area contributed by atoms with Crippen LogP contribution in [0, 0.1) is 0 Å². The molecule has 0 aromatic heterocycles.